The van der Waals surface area contributed by atoms with Gasteiger partial charge in [-0.05, 0) is 48.7 Å². The number of aromatic hydroxyl groups is 1. The molecule has 0 saturated heterocycles. The third kappa shape index (κ3) is 4.38. The Morgan fingerprint density at radius 3 is 2.56 bits per heavy atom. The predicted molar refractivity (Wildman–Crippen MR) is 99.3 cm³/mol. The van der Waals surface area contributed by atoms with Crippen LogP contribution in [0.2, 0.25) is 0 Å². The molecule has 5 N–H and O–H groups in total. The number of carbonyl (C=O) groups excluding carboxylic acids is 1. The van der Waals surface area contributed by atoms with Gasteiger partial charge < -0.3 is 21.3 Å². The third-order valence-corrected chi connectivity index (χ3v) is 3.64. The molecule has 130 valence electrons. The fourth-order valence-corrected chi connectivity index (χ4v) is 2.39. The average Bonchev–Trinajstić information content (AvgIpc) is 2.56. The Kier molecular flexibility index (Phi) is 5.44. The van der Waals surface area contributed by atoms with Crippen molar-refractivity contribution in [3.63, 3.8) is 0 Å². The quantitative estimate of drug-likeness (QED) is 0.450. The molecule has 0 fully saturated rings. The standard InChI is InChI=1S/C19H21N3O3/c1-11-4-5-13(9-12(2)18(24)22-19(20)21)15(8-11)14-6-7-16(23)17(10-14)25-3/h4-10,23H,1-3H3,(H4,20,21,22,24). The monoisotopic (exact) mass is 339 g/mol. The van der Waals surface area contributed by atoms with Crippen molar-refractivity contribution in [2.75, 3.05) is 7.11 Å². The maximum absolute atomic E-state index is 11.9. The fraction of sp³-hybridized carbons (Fsp3) is 0.158. The van der Waals surface area contributed by atoms with Crippen molar-refractivity contribution in [1.82, 2.24) is 0 Å². The van der Waals surface area contributed by atoms with Gasteiger partial charge >= 0.3 is 0 Å². The minimum absolute atomic E-state index is 0.0649. The van der Waals surface area contributed by atoms with Crippen LogP contribution in [0, 0.1) is 6.92 Å². The molecule has 25 heavy (non-hydrogen) atoms. The van der Waals surface area contributed by atoms with E-state index < -0.39 is 5.91 Å². The molecule has 0 bridgehead atoms. The molecular formula is C19H21N3O3. The highest BCUT2D eigenvalue weighted by molar-refractivity contribution is 6.04. The molecule has 0 aromatic heterocycles. The zero-order chi connectivity index (χ0) is 18.6. The van der Waals surface area contributed by atoms with Crippen LogP contribution in [-0.4, -0.2) is 24.1 Å². The van der Waals surface area contributed by atoms with E-state index in [0.29, 0.717) is 11.3 Å². The van der Waals surface area contributed by atoms with Crippen LogP contribution < -0.4 is 16.2 Å². The molecule has 0 spiro atoms. The number of phenolic OH excluding ortho intramolecular Hbond substituents is 1. The van der Waals surface area contributed by atoms with E-state index in [1.807, 2.05) is 25.1 Å². The second-order valence-corrected chi connectivity index (χ2v) is 5.65. The summed E-state index contributed by atoms with van der Waals surface area (Å²) in [7, 11) is 1.49. The highest BCUT2D eigenvalue weighted by Gasteiger charge is 2.10. The van der Waals surface area contributed by atoms with Gasteiger partial charge in [-0.2, -0.15) is 4.99 Å². The molecule has 0 saturated carbocycles. The van der Waals surface area contributed by atoms with Gasteiger partial charge in [-0.3, -0.25) is 4.79 Å². The summed E-state index contributed by atoms with van der Waals surface area (Å²) in [6.07, 6.45) is 1.73. The normalized spacial score (nSPS) is 11.1. The van der Waals surface area contributed by atoms with Crippen LogP contribution in [-0.2, 0) is 4.79 Å². The minimum Gasteiger partial charge on any atom is -0.504 e. The first-order chi connectivity index (χ1) is 11.8. The molecule has 2 aromatic carbocycles. The van der Waals surface area contributed by atoms with Gasteiger partial charge in [-0.15, -0.1) is 0 Å². The highest BCUT2D eigenvalue weighted by atomic mass is 16.5. The Labute approximate surface area is 146 Å². The first kappa shape index (κ1) is 18.1. The minimum atomic E-state index is -0.491. The second kappa shape index (κ2) is 7.53. The SMILES string of the molecule is COc1cc(-c2cc(C)ccc2C=C(C)C(=O)N=C(N)N)ccc1O. The summed E-state index contributed by atoms with van der Waals surface area (Å²) in [5, 5.41) is 9.79. The van der Waals surface area contributed by atoms with Gasteiger partial charge in [0.05, 0.1) is 7.11 Å². The Morgan fingerprint density at radius 1 is 1.20 bits per heavy atom. The summed E-state index contributed by atoms with van der Waals surface area (Å²) in [5.74, 6) is -0.322. The molecular weight excluding hydrogens is 318 g/mol. The van der Waals surface area contributed by atoms with Crippen LogP contribution in [0.4, 0.5) is 0 Å². The summed E-state index contributed by atoms with van der Waals surface area (Å²) in [6.45, 7) is 3.63. The number of hydrogen-bond donors (Lipinski definition) is 3. The van der Waals surface area contributed by atoms with Crippen molar-refractivity contribution < 1.29 is 14.6 Å². The number of amides is 1. The number of phenols is 1. The van der Waals surface area contributed by atoms with Crippen molar-refractivity contribution in [3.05, 3.63) is 53.1 Å². The average molecular weight is 339 g/mol. The second-order valence-electron chi connectivity index (χ2n) is 5.65. The van der Waals surface area contributed by atoms with Crippen molar-refractivity contribution >= 4 is 17.9 Å². The van der Waals surface area contributed by atoms with Gasteiger partial charge in [-0.1, -0.05) is 29.8 Å². The van der Waals surface area contributed by atoms with Gasteiger partial charge in [0.1, 0.15) is 0 Å². The maximum atomic E-state index is 11.9. The van der Waals surface area contributed by atoms with Crippen LogP contribution >= 0.6 is 0 Å². The molecule has 2 aromatic rings. The van der Waals surface area contributed by atoms with Crippen LogP contribution in [0.15, 0.2) is 47.0 Å². The number of aliphatic imine (C=N–C) groups is 1. The van der Waals surface area contributed by atoms with E-state index in [2.05, 4.69) is 4.99 Å². The lowest BCUT2D eigenvalue weighted by Gasteiger charge is -2.11. The number of methoxy groups -OCH3 is 1. The van der Waals surface area contributed by atoms with E-state index in [4.69, 9.17) is 16.2 Å². The largest absolute Gasteiger partial charge is 0.504 e. The van der Waals surface area contributed by atoms with Crippen molar-refractivity contribution in [3.8, 4) is 22.6 Å². The first-order valence-electron chi connectivity index (χ1n) is 7.62. The number of guanidine groups is 1. The van der Waals surface area contributed by atoms with Crippen LogP contribution in [0.5, 0.6) is 11.5 Å². The summed E-state index contributed by atoms with van der Waals surface area (Å²) in [5.41, 5.74) is 14.6. The van der Waals surface area contributed by atoms with Crippen molar-refractivity contribution in [2.24, 2.45) is 16.5 Å². The Balaban J connectivity index is 2.55. The highest BCUT2D eigenvalue weighted by Crippen LogP contribution is 2.34. The van der Waals surface area contributed by atoms with Crippen LogP contribution in [0.3, 0.4) is 0 Å². The molecule has 1 amide bonds. The van der Waals surface area contributed by atoms with E-state index in [-0.39, 0.29) is 11.7 Å². The van der Waals surface area contributed by atoms with Gasteiger partial charge in [0.25, 0.3) is 5.91 Å². The van der Waals surface area contributed by atoms with Gasteiger partial charge in [0, 0.05) is 5.57 Å². The summed E-state index contributed by atoms with van der Waals surface area (Å²) in [6, 6.07) is 11.0. The van der Waals surface area contributed by atoms with E-state index in [1.165, 1.54) is 7.11 Å². The van der Waals surface area contributed by atoms with E-state index in [9.17, 15) is 9.90 Å². The zero-order valence-corrected chi connectivity index (χ0v) is 14.4. The van der Waals surface area contributed by atoms with Crippen molar-refractivity contribution in [2.45, 2.75) is 13.8 Å². The molecule has 2 rings (SSSR count). The van der Waals surface area contributed by atoms with E-state index >= 15 is 0 Å². The number of hydrogen-bond acceptors (Lipinski definition) is 3. The van der Waals surface area contributed by atoms with E-state index in [0.717, 1.165) is 22.3 Å². The summed E-state index contributed by atoms with van der Waals surface area (Å²) < 4.78 is 5.18. The number of benzene rings is 2. The molecule has 0 atom stereocenters. The van der Waals surface area contributed by atoms with Crippen LogP contribution in [0.25, 0.3) is 17.2 Å². The maximum Gasteiger partial charge on any atom is 0.275 e. The molecule has 0 radical (unpaired) electrons. The fourth-order valence-electron chi connectivity index (χ4n) is 2.39. The zero-order valence-electron chi connectivity index (χ0n) is 14.4. The van der Waals surface area contributed by atoms with Crippen LogP contribution in [0.1, 0.15) is 18.1 Å². The number of aryl methyl sites for hydroxylation is 1. The number of ether oxygens (including phenoxy) is 1. The lowest BCUT2D eigenvalue weighted by molar-refractivity contribution is -0.114. The smallest absolute Gasteiger partial charge is 0.275 e. The van der Waals surface area contributed by atoms with Gasteiger partial charge in [0.15, 0.2) is 17.5 Å². The number of rotatable bonds is 4. The Hall–Kier alpha value is -3.28. The lowest BCUT2D eigenvalue weighted by atomic mass is 9.96. The number of carbonyl (C=O) groups is 1. The number of nitrogens with two attached hydrogens (primary N) is 2. The first-order valence-corrected chi connectivity index (χ1v) is 7.62. The Bertz CT molecular complexity index is 866. The third-order valence-electron chi connectivity index (χ3n) is 3.64. The molecule has 0 heterocycles. The predicted octanol–water partition coefficient (Wildman–Crippen LogP) is 2.58. The van der Waals surface area contributed by atoms with Gasteiger partial charge in [0.2, 0.25) is 0 Å². The molecule has 6 heteroatoms. The van der Waals surface area contributed by atoms with E-state index in [1.54, 1.807) is 31.2 Å². The molecule has 0 aliphatic rings. The van der Waals surface area contributed by atoms with Gasteiger partial charge in [-0.25, -0.2) is 0 Å². The molecule has 6 nitrogen and oxygen atoms in total. The topological polar surface area (TPSA) is 111 Å². The molecule has 0 aliphatic carbocycles. The lowest BCUT2D eigenvalue weighted by Crippen LogP contribution is -2.24. The van der Waals surface area contributed by atoms with Crippen molar-refractivity contribution in [1.29, 1.82) is 0 Å². The molecule has 0 aliphatic heterocycles. The summed E-state index contributed by atoms with van der Waals surface area (Å²) >= 11 is 0. The molecule has 0 unspecified atom stereocenters. The number of nitrogens with zero attached hydrogens (tertiary/aromatic N) is 1. The summed E-state index contributed by atoms with van der Waals surface area (Å²) in [4.78, 5) is 15.5. The Morgan fingerprint density at radius 2 is 1.92 bits per heavy atom.